The minimum absolute atomic E-state index is 0.0308. The fourth-order valence-electron chi connectivity index (χ4n) is 2.88. The van der Waals surface area contributed by atoms with Gasteiger partial charge in [0.05, 0.1) is 6.54 Å². The fraction of sp³-hybridized carbons (Fsp3) is 0.182. The van der Waals surface area contributed by atoms with Crippen LogP contribution >= 0.6 is 23.2 Å². The van der Waals surface area contributed by atoms with Gasteiger partial charge in [-0.15, -0.1) is 0 Å². The van der Waals surface area contributed by atoms with Crippen LogP contribution in [0.4, 0.5) is 11.6 Å². The molecule has 0 saturated carbocycles. The van der Waals surface area contributed by atoms with Gasteiger partial charge >= 0.3 is 0 Å². The highest BCUT2D eigenvalue weighted by Gasteiger charge is 2.16. The third-order valence-corrected chi connectivity index (χ3v) is 5.10. The molecule has 0 spiro atoms. The van der Waals surface area contributed by atoms with Crippen LogP contribution in [0.15, 0.2) is 47.6 Å². The Morgan fingerprint density at radius 2 is 1.84 bits per heavy atom. The molecular formula is C22H23Cl2N7O. The predicted octanol–water partition coefficient (Wildman–Crippen LogP) is 4.06. The molecule has 166 valence electrons. The van der Waals surface area contributed by atoms with Gasteiger partial charge in [-0.25, -0.2) is 9.97 Å². The monoisotopic (exact) mass is 471 g/mol. The zero-order valence-electron chi connectivity index (χ0n) is 17.6. The number of halogens is 2. The van der Waals surface area contributed by atoms with Crippen molar-refractivity contribution in [2.24, 2.45) is 5.10 Å². The first-order valence-electron chi connectivity index (χ1n) is 9.76. The van der Waals surface area contributed by atoms with Crippen LogP contribution in [-0.4, -0.2) is 22.2 Å². The first kappa shape index (κ1) is 23.3. The second-order valence-electron chi connectivity index (χ2n) is 7.07. The summed E-state index contributed by atoms with van der Waals surface area (Å²) in [5.74, 6) is -0.347. The van der Waals surface area contributed by atoms with E-state index in [9.17, 15) is 4.79 Å². The molecule has 10 heteroatoms. The van der Waals surface area contributed by atoms with Crippen LogP contribution in [0.25, 0.3) is 0 Å². The van der Waals surface area contributed by atoms with Crippen molar-refractivity contribution in [3.05, 3.63) is 80.6 Å². The molecule has 3 aromatic rings. The van der Waals surface area contributed by atoms with Gasteiger partial charge in [-0.2, -0.15) is 5.10 Å². The number of carbonyl (C=O) groups is 1. The van der Waals surface area contributed by atoms with Gasteiger partial charge in [0.15, 0.2) is 22.5 Å². The van der Waals surface area contributed by atoms with Crippen LogP contribution in [0.1, 0.15) is 32.7 Å². The van der Waals surface area contributed by atoms with Gasteiger partial charge < -0.3 is 21.8 Å². The number of aromatic nitrogens is 2. The maximum absolute atomic E-state index is 12.4. The number of carbonyl (C=O) groups excluding carboxylic acids is 1. The summed E-state index contributed by atoms with van der Waals surface area (Å²) in [4.78, 5) is 20.6. The first-order valence-corrected chi connectivity index (χ1v) is 10.5. The Morgan fingerprint density at radius 3 is 2.56 bits per heavy atom. The van der Waals surface area contributed by atoms with Gasteiger partial charge in [0.2, 0.25) is 0 Å². The van der Waals surface area contributed by atoms with Crippen LogP contribution in [-0.2, 0) is 13.1 Å². The molecule has 0 unspecified atom stereocenters. The van der Waals surface area contributed by atoms with Crippen LogP contribution < -0.4 is 21.8 Å². The van der Waals surface area contributed by atoms with Crippen molar-refractivity contribution >= 4 is 47.1 Å². The minimum atomic E-state index is -0.571. The first-order chi connectivity index (χ1) is 15.3. The summed E-state index contributed by atoms with van der Waals surface area (Å²) in [6, 6.07) is 13.5. The second-order valence-corrected chi connectivity index (χ2v) is 7.87. The number of aryl methyl sites for hydroxylation is 2. The number of nitrogens with two attached hydrogens (primary N) is 1. The normalized spacial score (nSPS) is 10.9. The van der Waals surface area contributed by atoms with Gasteiger partial charge in [0.25, 0.3) is 5.91 Å². The van der Waals surface area contributed by atoms with E-state index in [1.165, 1.54) is 17.5 Å². The lowest BCUT2D eigenvalue weighted by molar-refractivity contribution is 0.0974. The largest absolute Gasteiger partial charge is 0.382 e. The number of amides is 1. The summed E-state index contributed by atoms with van der Waals surface area (Å²) in [6.45, 7) is 5.05. The van der Waals surface area contributed by atoms with Crippen molar-refractivity contribution in [1.29, 1.82) is 0 Å². The Bertz CT molecular complexity index is 1130. The van der Waals surface area contributed by atoms with Crippen molar-refractivity contribution in [2.75, 3.05) is 11.1 Å². The maximum Gasteiger partial charge on any atom is 0.278 e. The fourth-order valence-corrected chi connectivity index (χ4v) is 3.19. The summed E-state index contributed by atoms with van der Waals surface area (Å²) in [7, 11) is 0. The van der Waals surface area contributed by atoms with Gasteiger partial charge in [0.1, 0.15) is 6.34 Å². The highest BCUT2D eigenvalue weighted by Crippen LogP contribution is 2.21. The molecular weight excluding hydrogens is 449 g/mol. The smallest absolute Gasteiger partial charge is 0.278 e. The predicted molar refractivity (Wildman–Crippen MR) is 129 cm³/mol. The van der Waals surface area contributed by atoms with Crippen molar-refractivity contribution < 1.29 is 4.79 Å². The second kappa shape index (κ2) is 10.8. The molecule has 5 N–H and O–H groups in total. The molecule has 1 heterocycles. The molecule has 1 aromatic heterocycles. The van der Waals surface area contributed by atoms with E-state index in [0.29, 0.717) is 18.1 Å². The zero-order chi connectivity index (χ0) is 23.1. The Labute approximate surface area is 196 Å². The molecule has 0 aliphatic rings. The zero-order valence-corrected chi connectivity index (χ0v) is 19.1. The molecule has 2 aromatic carbocycles. The maximum atomic E-state index is 12.4. The third-order valence-electron chi connectivity index (χ3n) is 4.59. The molecule has 0 bridgehead atoms. The van der Waals surface area contributed by atoms with E-state index in [1.54, 1.807) is 12.1 Å². The number of nitrogens with one attached hydrogen (secondary N) is 3. The van der Waals surface area contributed by atoms with Gasteiger partial charge in [-0.1, -0.05) is 59.1 Å². The van der Waals surface area contributed by atoms with Crippen LogP contribution in [0.2, 0.25) is 10.2 Å². The van der Waals surface area contributed by atoms with E-state index < -0.39 is 5.91 Å². The van der Waals surface area contributed by atoms with E-state index >= 15 is 0 Å². The van der Waals surface area contributed by atoms with Gasteiger partial charge in [-0.3, -0.25) is 4.79 Å². The van der Waals surface area contributed by atoms with Crippen molar-refractivity contribution in [3.63, 3.8) is 0 Å². The van der Waals surface area contributed by atoms with E-state index in [0.717, 1.165) is 11.1 Å². The molecule has 32 heavy (non-hydrogen) atoms. The molecule has 0 fully saturated rings. The van der Waals surface area contributed by atoms with Crippen molar-refractivity contribution in [1.82, 2.24) is 20.7 Å². The molecule has 0 saturated heterocycles. The van der Waals surface area contributed by atoms with Crippen molar-refractivity contribution in [3.8, 4) is 0 Å². The number of hydrogen-bond acceptors (Lipinski definition) is 7. The Balaban J connectivity index is 1.54. The van der Waals surface area contributed by atoms with E-state index in [-0.39, 0.29) is 22.5 Å². The Morgan fingerprint density at radius 1 is 1.09 bits per heavy atom. The average Bonchev–Trinajstić information content (AvgIpc) is 2.76. The van der Waals surface area contributed by atoms with E-state index in [1.807, 2.05) is 38.1 Å². The highest BCUT2D eigenvalue weighted by atomic mass is 35.5. The Kier molecular flexibility index (Phi) is 7.86. The summed E-state index contributed by atoms with van der Waals surface area (Å²) < 4.78 is 0. The number of nitrogens with zero attached hydrogens (tertiary/aromatic N) is 3. The van der Waals surface area contributed by atoms with Crippen LogP contribution in [0.3, 0.4) is 0 Å². The number of anilines is 2. The molecule has 0 aliphatic carbocycles. The Hall–Kier alpha value is -3.36. The van der Waals surface area contributed by atoms with Crippen LogP contribution in [0.5, 0.6) is 0 Å². The van der Waals surface area contributed by atoms with Crippen molar-refractivity contribution in [2.45, 2.75) is 26.9 Å². The molecule has 0 aliphatic heterocycles. The number of hydrazone groups is 1. The number of benzene rings is 2. The summed E-state index contributed by atoms with van der Waals surface area (Å²) in [5.41, 5.74) is 13.1. The lowest BCUT2D eigenvalue weighted by Crippen LogP contribution is -2.26. The van der Waals surface area contributed by atoms with Crippen LogP contribution in [0, 0.1) is 13.8 Å². The lowest BCUT2D eigenvalue weighted by Gasteiger charge is -2.10. The molecule has 1 amide bonds. The lowest BCUT2D eigenvalue weighted by atomic mass is 10.1. The molecule has 0 radical (unpaired) electrons. The quantitative estimate of drug-likeness (QED) is 0.223. The number of nitrogen functional groups attached to an aromatic ring is 1. The summed E-state index contributed by atoms with van der Waals surface area (Å²) in [5, 5.41) is 10.2. The summed E-state index contributed by atoms with van der Waals surface area (Å²) in [6.07, 6.45) is 1.23. The number of rotatable bonds is 8. The molecule has 0 atom stereocenters. The van der Waals surface area contributed by atoms with Gasteiger partial charge in [-0.05, 0) is 42.7 Å². The standard InChI is InChI=1S/C22H23Cl2N7O/c1-13-3-6-16(14(2)9-13)11-28-29-12-27-22(32)18-20(25)31-21(19(24)30-18)26-10-15-4-7-17(23)8-5-15/h3-9,12,28H,10-11H2,1-2H3,(H3,25,26,31)(H,27,29,32). The average molecular weight is 472 g/mol. The molecule has 3 rings (SSSR count). The highest BCUT2D eigenvalue weighted by molar-refractivity contribution is 6.32. The van der Waals surface area contributed by atoms with E-state index in [2.05, 4.69) is 37.2 Å². The van der Waals surface area contributed by atoms with Gasteiger partial charge in [0, 0.05) is 11.6 Å². The third kappa shape index (κ3) is 6.32. The van der Waals surface area contributed by atoms with E-state index in [4.69, 9.17) is 28.9 Å². The number of hydrogen-bond donors (Lipinski definition) is 4. The topological polar surface area (TPSA) is 117 Å². The minimum Gasteiger partial charge on any atom is -0.382 e. The summed E-state index contributed by atoms with van der Waals surface area (Å²) >= 11 is 12.1. The SMILES string of the molecule is Cc1ccc(CNN=CNC(=O)c2nc(Cl)c(NCc3ccc(Cl)cc3)nc2N)c(C)c1. The molecule has 8 nitrogen and oxygen atoms in total.